The van der Waals surface area contributed by atoms with Gasteiger partial charge in [-0.3, -0.25) is 0 Å². The molecule has 0 fully saturated rings. The standard InChI is InChI=1S/C45H27N3O2/c1-4-12-28(13-5-1)31-22-24-33-35-18-10-20-37(41(35)49-39(33)26-31)44-46-43(30-16-8-3-9-17-30)47-45(48-44)38-21-11-19-36-34-25-23-32(27-40(34)50-42(36)38)29-14-6-2-7-15-29/h1-27H. The molecule has 10 rings (SSSR count). The summed E-state index contributed by atoms with van der Waals surface area (Å²) < 4.78 is 13.3. The minimum Gasteiger partial charge on any atom is -0.455 e. The van der Waals surface area contributed by atoms with E-state index in [0.717, 1.165) is 82.8 Å². The zero-order valence-electron chi connectivity index (χ0n) is 26.7. The molecule has 5 nitrogen and oxygen atoms in total. The number of fused-ring (bicyclic) bond motifs is 6. The Morgan fingerprint density at radius 2 is 0.720 bits per heavy atom. The van der Waals surface area contributed by atoms with Gasteiger partial charge in [-0.05, 0) is 58.7 Å². The van der Waals surface area contributed by atoms with E-state index in [4.69, 9.17) is 23.8 Å². The number of benzene rings is 7. The maximum Gasteiger partial charge on any atom is 0.167 e. The monoisotopic (exact) mass is 641 g/mol. The molecule has 50 heavy (non-hydrogen) atoms. The molecule has 0 N–H and O–H groups in total. The van der Waals surface area contributed by atoms with E-state index < -0.39 is 0 Å². The van der Waals surface area contributed by atoms with Gasteiger partial charge in [0.2, 0.25) is 0 Å². The molecule has 0 bridgehead atoms. The summed E-state index contributed by atoms with van der Waals surface area (Å²) in [5.41, 5.74) is 10.1. The highest BCUT2D eigenvalue weighted by molar-refractivity contribution is 6.11. The van der Waals surface area contributed by atoms with Crippen LogP contribution in [-0.2, 0) is 0 Å². The quantitative estimate of drug-likeness (QED) is 0.187. The zero-order valence-corrected chi connectivity index (χ0v) is 26.7. The number of nitrogens with zero attached hydrogens (tertiary/aromatic N) is 3. The summed E-state index contributed by atoms with van der Waals surface area (Å²) >= 11 is 0. The minimum absolute atomic E-state index is 0.529. The van der Waals surface area contributed by atoms with Gasteiger partial charge in [0.25, 0.3) is 0 Å². The van der Waals surface area contributed by atoms with Crippen molar-refractivity contribution in [3.63, 3.8) is 0 Å². The zero-order chi connectivity index (χ0) is 33.0. The Labute approximate surface area is 287 Å². The smallest absolute Gasteiger partial charge is 0.167 e. The second kappa shape index (κ2) is 11.4. The van der Waals surface area contributed by atoms with Gasteiger partial charge in [-0.15, -0.1) is 0 Å². The molecule has 0 aliphatic heterocycles. The molecule has 0 saturated heterocycles. The lowest BCUT2D eigenvalue weighted by molar-refractivity contribution is 0.669. The number of hydrogen-bond donors (Lipinski definition) is 0. The summed E-state index contributed by atoms with van der Waals surface area (Å²) in [6.45, 7) is 0. The maximum atomic E-state index is 6.63. The van der Waals surface area contributed by atoms with Gasteiger partial charge in [-0.2, -0.15) is 0 Å². The molecular formula is C45H27N3O2. The highest BCUT2D eigenvalue weighted by atomic mass is 16.3. The molecule has 0 aliphatic rings. The molecule has 3 aromatic heterocycles. The number of aromatic nitrogens is 3. The third-order valence-corrected chi connectivity index (χ3v) is 9.36. The van der Waals surface area contributed by atoms with Gasteiger partial charge in [-0.1, -0.05) is 127 Å². The summed E-state index contributed by atoms with van der Waals surface area (Å²) in [7, 11) is 0. The van der Waals surface area contributed by atoms with Crippen molar-refractivity contribution >= 4 is 43.9 Å². The van der Waals surface area contributed by atoms with E-state index in [1.54, 1.807) is 0 Å². The van der Waals surface area contributed by atoms with E-state index in [1.165, 1.54) is 0 Å². The molecule has 7 aromatic carbocycles. The maximum absolute atomic E-state index is 6.63. The lowest BCUT2D eigenvalue weighted by Gasteiger charge is -2.09. The highest BCUT2D eigenvalue weighted by Crippen LogP contribution is 2.40. The van der Waals surface area contributed by atoms with Crippen LogP contribution in [0.4, 0.5) is 0 Å². The van der Waals surface area contributed by atoms with Crippen LogP contribution in [0, 0.1) is 0 Å². The summed E-state index contributed by atoms with van der Waals surface area (Å²) in [6.07, 6.45) is 0. The second-order valence-electron chi connectivity index (χ2n) is 12.4. The minimum atomic E-state index is 0.529. The third kappa shape index (κ3) is 4.67. The van der Waals surface area contributed by atoms with Crippen molar-refractivity contribution in [3.05, 3.63) is 164 Å². The van der Waals surface area contributed by atoms with Crippen LogP contribution in [0.1, 0.15) is 0 Å². The van der Waals surface area contributed by atoms with E-state index in [9.17, 15) is 0 Å². The predicted octanol–water partition coefficient (Wildman–Crippen LogP) is 12.0. The first-order valence-electron chi connectivity index (χ1n) is 16.6. The Kier molecular flexibility index (Phi) is 6.42. The summed E-state index contributed by atoms with van der Waals surface area (Å²) in [5.74, 6) is 1.63. The van der Waals surface area contributed by atoms with Crippen LogP contribution >= 0.6 is 0 Å². The van der Waals surface area contributed by atoms with Crippen molar-refractivity contribution in [1.29, 1.82) is 0 Å². The predicted molar refractivity (Wildman–Crippen MR) is 202 cm³/mol. The van der Waals surface area contributed by atoms with E-state index >= 15 is 0 Å². The second-order valence-corrected chi connectivity index (χ2v) is 12.4. The van der Waals surface area contributed by atoms with Crippen molar-refractivity contribution in [2.75, 3.05) is 0 Å². The molecule has 234 valence electrons. The van der Waals surface area contributed by atoms with E-state index in [-0.39, 0.29) is 0 Å². The van der Waals surface area contributed by atoms with Gasteiger partial charge in [0.05, 0.1) is 11.1 Å². The molecule has 0 aliphatic carbocycles. The molecule has 5 heteroatoms. The Bertz CT molecular complexity index is 2680. The average molecular weight is 642 g/mol. The Hall–Kier alpha value is -6.85. The lowest BCUT2D eigenvalue weighted by atomic mass is 10.0. The van der Waals surface area contributed by atoms with Crippen LogP contribution in [0.25, 0.3) is 100 Å². The Morgan fingerprint density at radius 1 is 0.300 bits per heavy atom. The van der Waals surface area contributed by atoms with Crippen molar-refractivity contribution in [1.82, 2.24) is 15.0 Å². The Morgan fingerprint density at radius 3 is 1.18 bits per heavy atom. The largest absolute Gasteiger partial charge is 0.455 e. The first kappa shape index (κ1) is 28.2. The molecule has 3 heterocycles. The molecule has 0 radical (unpaired) electrons. The van der Waals surface area contributed by atoms with E-state index in [0.29, 0.717) is 17.5 Å². The van der Waals surface area contributed by atoms with Crippen molar-refractivity contribution in [3.8, 4) is 56.4 Å². The molecule has 0 saturated carbocycles. The van der Waals surface area contributed by atoms with Crippen molar-refractivity contribution in [2.45, 2.75) is 0 Å². The number of rotatable bonds is 5. The summed E-state index contributed by atoms with van der Waals surface area (Å²) in [6, 6.07) is 55.7. The first-order chi connectivity index (χ1) is 24.8. The summed E-state index contributed by atoms with van der Waals surface area (Å²) in [5, 5.41) is 4.10. The molecule has 10 aromatic rings. The van der Waals surface area contributed by atoms with Crippen LogP contribution in [0.5, 0.6) is 0 Å². The molecule has 0 amide bonds. The fraction of sp³-hybridized carbons (Fsp3) is 0. The van der Waals surface area contributed by atoms with Crippen LogP contribution in [0.3, 0.4) is 0 Å². The lowest BCUT2D eigenvalue weighted by Crippen LogP contribution is -2.00. The fourth-order valence-electron chi connectivity index (χ4n) is 6.90. The van der Waals surface area contributed by atoms with Crippen LogP contribution in [-0.4, -0.2) is 15.0 Å². The van der Waals surface area contributed by atoms with Gasteiger partial charge < -0.3 is 8.83 Å². The number of hydrogen-bond acceptors (Lipinski definition) is 5. The van der Waals surface area contributed by atoms with Crippen molar-refractivity contribution < 1.29 is 8.83 Å². The average Bonchev–Trinajstić information content (AvgIpc) is 3.76. The van der Waals surface area contributed by atoms with Crippen LogP contribution < -0.4 is 0 Å². The summed E-state index contributed by atoms with van der Waals surface area (Å²) in [4.78, 5) is 15.2. The molecular weight excluding hydrogens is 615 g/mol. The first-order valence-corrected chi connectivity index (χ1v) is 16.6. The van der Waals surface area contributed by atoms with Gasteiger partial charge in [0, 0.05) is 27.1 Å². The topological polar surface area (TPSA) is 65.0 Å². The van der Waals surface area contributed by atoms with Gasteiger partial charge in [-0.25, -0.2) is 15.0 Å². The van der Waals surface area contributed by atoms with Crippen LogP contribution in [0.15, 0.2) is 173 Å². The highest BCUT2D eigenvalue weighted by Gasteiger charge is 2.20. The number of para-hydroxylation sites is 2. The normalized spacial score (nSPS) is 11.6. The SMILES string of the molecule is c1ccc(-c2ccc3c(c2)oc2c(-c4nc(-c5ccccc5)nc(-c5cccc6c5oc5cc(-c7ccccc7)ccc56)n4)cccc23)cc1. The Balaban J connectivity index is 1.17. The van der Waals surface area contributed by atoms with E-state index in [1.807, 2.05) is 91.0 Å². The van der Waals surface area contributed by atoms with Gasteiger partial charge in [0.1, 0.15) is 22.3 Å². The number of furan rings is 2. The molecule has 0 unspecified atom stereocenters. The van der Waals surface area contributed by atoms with Crippen molar-refractivity contribution in [2.24, 2.45) is 0 Å². The fourth-order valence-corrected chi connectivity index (χ4v) is 6.90. The van der Waals surface area contributed by atoms with Crippen LogP contribution in [0.2, 0.25) is 0 Å². The van der Waals surface area contributed by atoms with Gasteiger partial charge in [0.15, 0.2) is 17.5 Å². The third-order valence-electron chi connectivity index (χ3n) is 9.36. The molecule has 0 spiro atoms. The van der Waals surface area contributed by atoms with E-state index in [2.05, 4.69) is 72.8 Å². The van der Waals surface area contributed by atoms with Gasteiger partial charge >= 0.3 is 0 Å². The molecule has 0 atom stereocenters.